The van der Waals surface area contributed by atoms with Gasteiger partial charge in [0.1, 0.15) is 5.69 Å². The van der Waals surface area contributed by atoms with E-state index in [0.717, 1.165) is 19.3 Å². The van der Waals surface area contributed by atoms with E-state index in [9.17, 15) is 9.59 Å². The molecule has 0 bridgehead atoms. The molecule has 1 aromatic heterocycles. The average molecular weight is 311 g/mol. The third-order valence-corrected chi connectivity index (χ3v) is 4.33. The molecule has 5 nitrogen and oxygen atoms in total. The fraction of sp³-hybridized carbons (Fsp3) is 0.333. The van der Waals surface area contributed by atoms with Crippen molar-refractivity contribution in [3.05, 3.63) is 59.4 Å². The lowest BCUT2D eigenvalue weighted by Crippen LogP contribution is -2.38. The van der Waals surface area contributed by atoms with Gasteiger partial charge in [-0.15, -0.1) is 0 Å². The van der Waals surface area contributed by atoms with E-state index in [1.54, 1.807) is 23.9 Å². The molecule has 0 radical (unpaired) electrons. The second kappa shape index (κ2) is 6.28. The van der Waals surface area contributed by atoms with Crippen molar-refractivity contribution in [3.8, 4) is 0 Å². The summed E-state index contributed by atoms with van der Waals surface area (Å²) in [5, 5.41) is 3.12. The number of nitrogens with zero attached hydrogens (tertiary/aromatic N) is 1. The Hall–Kier alpha value is -2.56. The first-order chi connectivity index (χ1) is 11.0. The summed E-state index contributed by atoms with van der Waals surface area (Å²) < 4.78 is 1.64. The van der Waals surface area contributed by atoms with Crippen LogP contribution in [-0.4, -0.2) is 22.4 Å². The molecule has 1 heterocycles. The molecule has 1 atom stereocenters. The number of amides is 2. The molecular formula is C18H21N3O2. The van der Waals surface area contributed by atoms with E-state index < -0.39 is 5.91 Å². The average Bonchev–Trinajstić information content (AvgIpc) is 3.29. The molecule has 5 heteroatoms. The van der Waals surface area contributed by atoms with Crippen LogP contribution < -0.4 is 11.1 Å². The number of hydrogen-bond donors (Lipinski definition) is 2. The zero-order valence-electron chi connectivity index (χ0n) is 13.2. The van der Waals surface area contributed by atoms with E-state index in [1.807, 2.05) is 18.2 Å². The lowest BCUT2D eigenvalue weighted by molar-refractivity contribution is 0.0923. The zero-order chi connectivity index (χ0) is 16.4. The summed E-state index contributed by atoms with van der Waals surface area (Å²) in [6.07, 6.45) is 4.71. The second-order valence-corrected chi connectivity index (χ2v) is 6.20. The molecular weight excluding hydrogens is 290 g/mol. The van der Waals surface area contributed by atoms with Gasteiger partial charge in [-0.05, 0) is 36.8 Å². The van der Waals surface area contributed by atoms with E-state index >= 15 is 0 Å². The van der Waals surface area contributed by atoms with E-state index in [-0.39, 0.29) is 11.9 Å². The van der Waals surface area contributed by atoms with Crippen LogP contribution in [0.25, 0.3) is 0 Å². The van der Waals surface area contributed by atoms with Crippen molar-refractivity contribution < 1.29 is 9.59 Å². The Morgan fingerprint density at radius 1 is 1.30 bits per heavy atom. The van der Waals surface area contributed by atoms with Crippen LogP contribution in [0.15, 0.2) is 42.6 Å². The zero-order valence-corrected chi connectivity index (χ0v) is 13.2. The Labute approximate surface area is 135 Å². The van der Waals surface area contributed by atoms with Gasteiger partial charge in [0, 0.05) is 19.3 Å². The number of primary amides is 1. The van der Waals surface area contributed by atoms with Gasteiger partial charge in [-0.3, -0.25) is 9.59 Å². The van der Waals surface area contributed by atoms with Gasteiger partial charge in [-0.2, -0.15) is 0 Å². The van der Waals surface area contributed by atoms with Gasteiger partial charge in [-0.1, -0.05) is 30.3 Å². The first kappa shape index (κ1) is 15.3. The number of nitrogens with two attached hydrogens (primary N) is 1. The van der Waals surface area contributed by atoms with Gasteiger partial charge >= 0.3 is 0 Å². The van der Waals surface area contributed by atoms with Crippen LogP contribution in [0.2, 0.25) is 0 Å². The van der Waals surface area contributed by atoms with Crippen molar-refractivity contribution in [3.63, 3.8) is 0 Å². The number of rotatable bonds is 6. The van der Waals surface area contributed by atoms with Crippen LogP contribution in [0.5, 0.6) is 0 Å². The molecule has 1 saturated carbocycles. The minimum Gasteiger partial charge on any atom is -0.366 e. The normalized spacial score (nSPS) is 15.2. The third kappa shape index (κ3) is 3.62. The topological polar surface area (TPSA) is 77.1 Å². The van der Waals surface area contributed by atoms with Gasteiger partial charge in [0.2, 0.25) is 5.91 Å². The summed E-state index contributed by atoms with van der Waals surface area (Å²) in [5.41, 5.74) is 7.30. The van der Waals surface area contributed by atoms with E-state index in [4.69, 9.17) is 5.73 Å². The standard InChI is InChI=1S/C18H21N3O2/c1-21-11-14(17(19)22)10-16(21)18(23)20-15(13-7-8-13)9-12-5-3-2-4-6-12/h2-6,10-11,13,15H,7-9H2,1H3,(H2,19,22)(H,20,23). The van der Waals surface area contributed by atoms with Gasteiger partial charge in [0.25, 0.3) is 5.91 Å². The van der Waals surface area contributed by atoms with Gasteiger partial charge in [0.15, 0.2) is 0 Å². The molecule has 2 amide bonds. The van der Waals surface area contributed by atoms with Crippen LogP contribution >= 0.6 is 0 Å². The van der Waals surface area contributed by atoms with Crippen LogP contribution in [0.1, 0.15) is 39.3 Å². The highest BCUT2D eigenvalue weighted by Gasteiger charge is 2.33. The number of benzene rings is 1. The Morgan fingerprint density at radius 2 is 2.00 bits per heavy atom. The molecule has 1 unspecified atom stereocenters. The molecule has 2 aromatic rings. The quantitative estimate of drug-likeness (QED) is 0.854. The highest BCUT2D eigenvalue weighted by Crippen LogP contribution is 2.34. The minimum absolute atomic E-state index is 0.122. The van der Waals surface area contributed by atoms with Crippen LogP contribution in [0.4, 0.5) is 0 Å². The molecule has 0 saturated heterocycles. The first-order valence-electron chi connectivity index (χ1n) is 7.85. The summed E-state index contributed by atoms with van der Waals surface area (Å²) in [5.74, 6) is -0.148. The molecule has 3 N–H and O–H groups in total. The van der Waals surface area contributed by atoms with Gasteiger partial charge in [0.05, 0.1) is 5.56 Å². The molecule has 1 fully saturated rings. The predicted molar refractivity (Wildman–Crippen MR) is 88.1 cm³/mol. The van der Waals surface area contributed by atoms with Crippen molar-refractivity contribution in [2.45, 2.75) is 25.3 Å². The second-order valence-electron chi connectivity index (χ2n) is 6.20. The number of aryl methyl sites for hydroxylation is 1. The first-order valence-corrected chi connectivity index (χ1v) is 7.85. The molecule has 1 aromatic carbocycles. The molecule has 23 heavy (non-hydrogen) atoms. The maximum Gasteiger partial charge on any atom is 0.268 e. The Kier molecular flexibility index (Phi) is 4.19. The van der Waals surface area contributed by atoms with E-state index in [2.05, 4.69) is 17.4 Å². The number of carbonyl (C=O) groups excluding carboxylic acids is 2. The van der Waals surface area contributed by atoms with Crippen molar-refractivity contribution in [1.82, 2.24) is 9.88 Å². The molecule has 0 aliphatic heterocycles. The lowest BCUT2D eigenvalue weighted by atomic mass is 10.0. The molecule has 0 spiro atoms. The smallest absolute Gasteiger partial charge is 0.268 e. The summed E-state index contributed by atoms with van der Waals surface area (Å²) in [6, 6.07) is 11.8. The molecule has 1 aliphatic rings. The van der Waals surface area contributed by atoms with Crippen molar-refractivity contribution in [1.29, 1.82) is 0 Å². The van der Waals surface area contributed by atoms with Crippen LogP contribution in [-0.2, 0) is 13.5 Å². The fourth-order valence-corrected chi connectivity index (χ4v) is 2.87. The Morgan fingerprint density at radius 3 is 2.57 bits per heavy atom. The van der Waals surface area contributed by atoms with Crippen molar-refractivity contribution in [2.75, 3.05) is 0 Å². The monoisotopic (exact) mass is 311 g/mol. The number of aromatic nitrogens is 1. The number of nitrogens with one attached hydrogen (secondary N) is 1. The fourth-order valence-electron chi connectivity index (χ4n) is 2.87. The number of hydrogen-bond acceptors (Lipinski definition) is 2. The Balaban J connectivity index is 1.73. The molecule has 3 rings (SSSR count). The Bertz CT molecular complexity index is 717. The molecule has 1 aliphatic carbocycles. The van der Waals surface area contributed by atoms with E-state index in [1.165, 1.54) is 5.56 Å². The van der Waals surface area contributed by atoms with Crippen LogP contribution in [0.3, 0.4) is 0 Å². The summed E-state index contributed by atoms with van der Waals surface area (Å²) in [6.45, 7) is 0. The lowest BCUT2D eigenvalue weighted by Gasteiger charge is -2.18. The van der Waals surface area contributed by atoms with Crippen molar-refractivity contribution in [2.24, 2.45) is 18.7 Å². The van der Waals surface area contributed by atoms with Gasteiger partial charge < -0.3 is 15.6 Å². The maximum absolute atomic E-state index is 12.6. The van der Waals surface area contributed by atoms with Crippen LogP contribution in [0, 0.1) is 5.92 Å². The van der Waals surface area contributed by atoms with E-state index in [0.29, 0.717) is 17.2 Å². The molecule has 120 valence electrons. The van der Waals surface area contributed by atoms with Crippen molar-refractivity contribution >= 4 is 11.8 Å². The highest BCUT2D eigenvalue weighted by molar-refractivity contribution is 5.98. The summed E-state index contributed by atoms with van der Waals surface area (Å²) in [4.78, 5) is 23.8. The predicted octanol–water partition coefficient (Wildman–Crippen LogP) is 1.88. The number of carbonyl (C=O) groups is 2. The summed E-state index contributed by atoms with van der Waals surface area (Å²) in [7, 11) is 1.74. The maximum atomic E-state index is 12.6. The summed E-state index contributed by atoms with van der Waals surface area (Å²) >= 11 is 0. The SMILES string of the molecule is Cn1cc(C(N)=O)cc1C(=O)NC(Cc1ccccc1)C1CC1. The third-order valence-electron chi connectivity index (χ3n) is 4.33. The minimum atomic E-state index is -0.525. The van der Waals surface area contributed by atoms with Gasteiger partial charge in [-0.25, -0.2) is 0 Å². The highest BCUT2D eigenvalue weighted by atomic mass is 16.2. The largest absolute Gasteiger partial charge is 0.366 e.